The van der Waals surface area contributed by atoms with Crippen LogP contribution >= 0.6 is 0 Å². The van der Waals surface area contributed by atoms with Crippen molar-refractivity contribution in [3.8, 4) is 6.07 Å². The van der Waals surface area contributed by atoms with Crippen LogP contribution in [-0.2, 0) is 0 Å². The molecule has 5 nitrogen and oxygen atoms in total. The second-order valence-electron chi connectivity index (χ2n) is 3.21. The fourth-order valence-electron chi connectivity index (χ4n) is 1.35. The first-order valence-corrected chi connectivity index (χ1v) is 4.90. The molecule has 0 amide bonds. The van der Waals surface area contributed by atoms with E-state index in [2.05, 4.69) is 21.0 Å². The van der Waals surface area contributed by atoms with Gasteiger partial charge >= 0.3 is 0 Å². The standard InChI is InChI=1S/C12H9N5/c13-8-10(9-2-6-15-7-3-9)11(14)12-16-4-1-5-17-12/h1-7H,14H2/b11-10-. The molecule has 5 heteroatoms. The van der Waals surface area contributed by atoms with E-state index in [0.717, 1.165) is 0 Å². The number of hydrogen-bond donors (Lipinski definition) is 1. The summed E-state index contributed by atoms with van der Waals surface area (Å²) in [4.78, 5) is 11.9. The lowest BCUT2D eigenvalue weighted by molar-refractivity contribution is 1.11. The molecule has 0 spiro atoms. The molecule has 0 aliphatic heterocycles. The molecule has 0 radical (unpaired) electrons. The maximum Gasteiger partial charge on any atom is 0.176 e. The molecule has 0 saturated heterocycles. The Bertz CT molecular complexity index is 569. The van der Waals surface area contributed by atoms with Crippen LogP contribution in [0.4, 0.5) is 0 Å². The van der Waals surface area contributed by atoms with E-state index < -0.39 is 0 Å². The number of nitrogens with zero attached hydrogens (tertiary/aromatic N) is 4. The fraction of sp³-hybridized carbons (Fsp3) is 0. The topological polar surface area (TPSA) is 88.5 Å². The minimum atomic E-state index is 0.263. The highest BCUT2D eigenvalue weighted by Gasteiger charge is 2.09. The maximum atomic E-state index is 9.15. The third kappa shape index (κ3) is 2.26. The summed E-state index contributed by atoms with van der Waals surface area (Å²) >= 11 is 0. The summed E-state index contributed by atoms with van der Waals surface area (Å²) in [5.41, 5.74) is 7.20. The molecule has 2 rings (SSSR count). The first-order valence-electron chi connectivity index (χ1n) is 4.90. The number of rotatable bonds is 2. The molecule has 2 aromatic rings. The van der Waals surface area contributed by atoms with Crippen LogP contribution in [0.5, 0.6) is 0 Å². The van der Waals surface area contributed by atoms with Gasteiger partial charge in [0.05, 0.1) is 11.3 Å². The number of aromatic nitrogens is 3. The molecule has 0 fully saturated rings. The fourth-order valence-corrected chi connectivity index (χ4v) is 1.35. The van der Waals surface area contributed by atoms with E-state index in [1.165, 1.54) is 0 Å². The largest absolute Gasteiger partial charge is 0.395 e. The summed E-state index contributed by atoms with van der Waals surface area (Å²) in [6, 6.07) is 7.19. The van der Waals surface area contributed by atoms with Crippen molar-refractivity contribution in [2.75, 3.05) is 0 Å². The van der Waals surface area contributed by atoms with Crippen LogP contribution in [-0.4, -0.2) is 15.0 Å². The zero-order chi connectivity index (χ0) is 12.1. The Hall–Kier alpha value is -2.74. The molecule has 2 N–H and O–H groups in total. The minimum absolute atomic E-state index is 0.263. The van der Waals surface area contributed by atoms with Gasteiger partial charge in [-0.1, -0.05) is 0 Å². The third-order valence-corrected chi connectivity index (χ3v) is 2.16. The predicted octanol–water partition coefficient (Wildman–Crippen LogP) is 1.22. The summed E-state index contributed by atoms with van der Waals surface area (Å²) in [6.45, 7) is 0. The zero-order valence-electron chi connectivity index (χ0n) is 8.91. The summed E-state index contributed by atoms with van der Waals surface area (Å²) in [7, 11) is 0. The van der Waals surface area contributed by atoms with Gasteiger partial charge < -0.3 is 5.73 Å². The van der Waals surface area contributed by atoms with Crippen molar-refractivity contribution < 1.29 is 0 Å². The highest BCUT2D eigenvalue weighted by atomic mass is 14.9. The monoisotopic (exact) mass is 223 g/mol. The Kier molecular flexibility index (Phi) is 3.08. The van der Waals surface area contributed by atoms with Gasteiger partial charge in [-0.25, -0.2) is 9.97 Å². The van der Waals surface area contributed by atoms with E-state index in [1.807, 2.05) is 0 Å². The molecule has 0 aliphatic carbocycles. The van der Waals surface area contributed by atoms with Gasteiger partial charge in [-0.3, -0.25) is 4.98 Å². The minimum Gasteiger partial charge on any atom is -0.395 e. The Labute approximate surface area is 98.3 Å². The van der Waals surface area contributed by atoms with Crippen LogP contribution in [0.1, 0.15) is 11.4 Å². The molecule has 0 unspecified atom stereocenters. The lowest BCUT2D eigenvalue weighted by atomic mass is 10.1. The van der Waals surface area contributed by atoms with Gasteiger partial charge in [0.25, 0.3) is 0 Å². The molecule has 0 aliphatic rings. The predicted molar refractivity (Wildman–Crippen MR) is 62.9 cm³/mol. The summed E-state index contributed by atoms with van der Waals surface area (Å²) < 4.78 is 0. The Morgan fingerprint density at radius 3 is 2.35 bits per heavy atom. The van der Waals surface area contributed by atoms with E-state index in [-0.39, 0.29) is 5.70 Å². The van der Waals surface area contributed by atoms with Crippen molar-refractivity contribution >= 4 is 11.3 Å². The SMILES string of the molecule is N#C/C(=C(/N)c1ncccn1)c1ccncc1. The first kappa shape index (κ1) is 10.8. The van der Waals surface area contributed by atoms with Gasteiger partial charge in [-0.15, -0.1) is 0 Å². The number of allylic oxidation sites excluding steroid dienone is 1. The third-order valence-electron chi connectivity index (χ3n) is 2.16. The Balaban J connectivity index is 2.53. The Morgan fingerprint density at radius 2 is 1.76 bits per heavy atom. The van der Waals surface area contributed by atoms with Crippen LogP contribution < -0.4 is 5.73 Å². The Morgan fingerprint density at radius 1 is 1.12 bits per heavy atom. The van der Waals surface area contributed by atoms with Crippen LogP contribution in [0.2, 0.25) is 0 Å². The highest BCUT2D eigenvalue weighted by molar-refractivity contribution is 5.94. The van der Waals surface area contributed by atoms with Crippen LogP contribution in [0.3, 0.4) is 0 Å². The lowest BCUT2D eigenvalue weighted by Gasteiger charge is -2.03. The molecule has 2 aromatic heterocycles. The smallest absolute Gasteiger partial charge is 0.176 e. The molecule has 0 aromatic carbocycles. The molecule has 2 heterocycles. The lowest BCUT2D eigenvalue weighted by Crippen LogP contribution is -2.04. The summed E-state index contributed by atoms with van der Waals surface area (Å²) in [5.74, 6) is 0.348. The van der Waals surface area contributed by atoms with E-state index in [9.17, 15) is 0 Å². The van der Waals surface area contributed by atoms with Crippen molar-refractivity contribution in [2.24, 2.45) is 5.73 Å². The quantitative estimate of drug-likeness (QED) is 0.773. The van der Waals surface area contributed by atoms with Crippen molar-refractivity contribution in [3.63, 3.8) is 0 Å². The number of hydrogen-bond acceptors (Lipinski definition) is 5. The molecular weight excluding hydrogens is 214 g/mol. The van der Waals surface area contributed by atoms with Gasteiger partial charge in [0.2, 0.25) is 0 Å². The molecule has 0 saturated carbocycles. The molecule has 0 atom stereocenters. The molecule has 17 heavy (non-hydrogen) atoms. The summed E-state index contributed by atoms with van der Waals surface area (Å²) in [6.07, 6.45) is 6.37. The molecule has 82 valence electrons. The number of pyridine rings is 1. The van der Waals surface area contributed by atoms with Gasteiger partial charge in [-0.05, 0) is 23.8 Å². The van der Waals surface area contributed by atoms with E-state index in [0.29, 0.717) is 17.0 Å². The van der Waals surface area contributed by atoms with Crippen molar-refractivity contribution in [1.29, 1.82) is 5.26 Å². The van der Waals surface area contributed by atoms with E-state index in [4.69, 9.17) is 11.0 Å². The first-order chi connectivity index (χ1) is 8.33. The molecular formula is C12H9N5. The van der Waals surface area contributed by atoms with Crippen LogP contribution in [0.15, 0.2) is 43.0 Å². The van der Waals surface area contributed by atoms with Crippen molar-refractivity contribution in [2.45, 2.75) is 0 Å². The highest BCUT2D eigenvalue weighted by Crippen LogP contribution is 2.18. The maximum absolute atomic E-state index is 9.15. The van der Waals surface area contributed by atoms with Gasteiger partial charge in [0, 0.05) is 24.8 Å². The van der Waals surface area contributed by atoms with Crippen LogP contribution in [0.25, 0.3) is 11.3 Å². The number of nitrogens with two attached hydrogens (primary N) is 1. The molecule has 0 bridgehead atoms. The zero-order valence-corrected chi connectivity index (χ0v) is 8.91. The van der Waals surface area contributed by atoms with Crippen molar-refractivity contribution in [3.05, 3.63) is 54.4 Å². The number of nitriles is 1. The van der Waals surface area contributed by atoms with Gasteiger partial charge in [0.15, 0.2) is 5.82 Å². The second-order valence-corrected chi connectivity index (χ2v) is 3.21. The second kappa shape index (κ2) is 4.86. The summed E-state index contributed by atoms with van der Waals surface area (Å²) in [5, 5.41) is 9.15. The van der Waals surface area contributed by atoms with E-state index >= 15 is 0 Å². The van der Waals surface area contributed by atoms with E-state index in [1.54, 1.807) is 43.0 Å². The average molecular weight is 223 g/mol. The van der Waals surface area contributed by atoms with Crippen LogP contribution in [0, 0.1) is 11.3 Å². The average Bonchev–Trinajstić information content (AvgIpc) is 2.42. The van der Waals surface area contributed by atoms with Crippen molar-refractivity contribution in [1.82, 2.24) is 15.0 Å². The van der Waals surface area contributed by atoms with Gasteiger partial charge in [0.1, 0.15) is 6.07 Å². The van der Waals surface area contributed by atoms with Gasteiger partial charge in [-0.2, -0.15) is 5.26 Å². The normalized spacial score (nSPS) is 11.5.